The summed E-state index contributed by atoms with van der Waals surface area (Å²) in [5.74, 6) is 0.991. The molecule has 80 valence electrons. The third-order valence-electron chi connectivity index (χ3n) is 3.97. The lowest BCUT2D eigenvalue weighted by atomic mass is 9.59. The van der Waals surface area contributed by atoms with E-state index in [1.54, 1.807) is 0 Å². The molecule has 2 aliphatic carbocycles. The molecule has 0 spiro atoms. The Morgan fingerprint density at radius 2 is 1.86 bits per heavy atom. The van der Waals surface area contributed by atoms with Crippen LogP contribution in [0.4, 0.5) is 0 Å². The second kappa shape index (κ2) is 3.89. The number of rotatable bonds is 1. The third-order valence-corrected chi connectivity index (χ3v) is 3.97. The first-order valence-electron chi connectivity index (χ1n) is 5.59. The highest BCUT2D eigenvalue weighted by atomic mass is 16.5. The van der Waals surface area contributed by atoms with Crippen LogP contribution in [0, 0.1) is 17.8 Å². The first-order valence-corrected chi connectivity index (χ1v) is 5.59. The molecule has 0 aromatic carbocycles. The van der Waals surface area contributed by atoms with E-state index in [2.05, 4.69) is 0 Å². The molecule has 2 rings (SSSR count). The summed E-state index contributed by atoms with van der Waals surface area (Å²) in [5, 5.41) is 0. The maximum atomic E-state index is 11.5. The summed E-state index contributed by atoms with van der Waals surface area (Å²) in [5.41, 5.74) is 6.02. The fourth-order valence-corrected chi connectivity index (χ4v) is 3.16. The van der Waals surface area contributed by atoms with Crippen LogP contribution in [-0.2, 0) is 9.53 Å². The Kier molecular flexibility index (Phi) is 2.77. The van der Waals surface area contributed by atoms with Gasteiger partial charge in [0.05, 0.1) is 13.0 Å². The maximum absolute atomic E-state index is 11.5. The van der Waals surface area contributed by atoms with Gasteiger partial charge in [0, 0.05) is 6.04 Å². The number of fused-ring (bicyclic) bond motifs is 1. The van der Waals surface area contributed by atoms with Crippen molar-refractivity contribution in [3.05, 3.63) is 0 Å². The smallest absolute Gasteiger partial charge is 0.310 e. The average Bonchev–Trinajstić information content (AvgIpc) is 2.40. The molecule has 3 heteroatoms. The van der Waals surface area contributed by atoms with Crippen LogP contribution in [-0.4, -0.2) is 19.1 Å². The van der Waals surface area contributed by atoms with Crippen LogP contribution < -0.4 is 5.73 Å². The van der Waals surface area contributed by atoms with Crippen molar-refractivity contribution in [2.24, 2.45) is 23.5 Å². The third kappa shape index (κ3) is 1.44. The first-order chi connectivity index (χ1) is 6.75. The van der Waals surface area contributed by atoms with Gasteiger partial charge in [-0.3, -0.25) is 4.79 Å². The Hall–Kier alpha value is -0.570. The van der Waals surface area contributed by atoms with Gasteiger partial charge >= 0.3 is 5.97 Å². The van der Waals surface area contributed by atoms with E-state index in [9.17, 15) is 4.79 Å². The number of methoxy groups -OCH3 is 1. The van der Waals surface area contributed by atoms with Crippen molar-refractivity contribution in [3.8, 4) is 0 Å². The van der Waals surface area contributed by atoms with E-state index in [4.69, 9.17) is 10.5 Å². The van der Waals surface area contributed by atoms with Crippen molar-refractivity contribution in [1.29, 1.82) is 0 Å². The molecular weight excluding hydrogens is 178 g/mol. The van der Waals surface area contributed by atoms with Gasteiger partial charge in [-0.25, -0.2) is 0 Å². The fraction of sp³-hybridized carbons (Fsp3) is 0.909. The molecule has 0 amide bonds. The summed E-state index contributed by atoms with van der Waals surface area (Å²) < 4.78 is 4.80. The molecule has 0 heterocycles. The van der Waals surface area contributed by atoms with Crippen molar-refractivity contribution in [2.75, 3.05) is 7.11 Å². The highest BCUT2D eigenvalue weighted by Gasteiger charge is 2.52. The molecule has 0 saturated heterocycles. The van der Waals surface area contributed by atoms with E-state index in [-0.39, 0.29) is 17.9 Å². The molecule has 0 aromatic heterocycles. The topological polar surface area (TPSA) is 52.3 Å². The Morgan fingerprint density at radius 1 is 1.21 bits per heavy atom. The van der Waals surface area contributed by atoms with Crippen LogP contribution in [0.5, 0.6) is 0 Å². The minimum atomic E-state index is -0.0966. The lowest BCUT2D eigenvalue weighted by Gasteiger charge is -2.48. The zero-order valence-electron chi connectivity index (χ0n) is 8.74. The lowest BCUT2D eigenvalue weighted by Crippen LogP contribution is -2.59. The Balaban J connectivity index is 2.03. The van der Waals surface area contributed by atoms with E-state index >= 15 is 0 Å². The van der Waals surface area contributed by atoms with Gasteiger partial charge in [-0.15, -0.1) is 0 Å². The Labute approximate surface area is 85.0 Å². The summed E-state index contributed by atoms with van der Waals surface area (Å²) in [4.78, 5) is 11.5. The number of hydrogen-bond donors (Lipinski definition) is 1. The van der Waals surface area contributed by atoms with Gasteiger partial charge in [0.2, 0.25) is 0 Å². The molecule has 0 bridgehead atoms. The van der Waals surface area contributed by atoms with Crippen LogP contribution in [0.1, 0.15) is 32.1 Å². The zero-order valence-corrected chi connectivity index (χ0v) is 8.74. The van der Waals surface area contributed by atoms with Gasteiger partial charge in [0.25, 0.3) is 0 Å². The van der Waals surface area contributed by atoms with E-state index in [1.807, 2.05) is 0 Å². The Bertz CT molecular complexity index is 229. The van der Waals surface area contributed by atoms with E-state index in [1.165, 1.54) is 32.8 Å². The van der Waals surface area contributed by atoms with Gasteiger partial charge in [0.1, 0.15) is 0 Å². The number of hydrogen-bond acceptors (Lipinski definition) is 3. The van der Waals surface area contributed by atoms with E-state index < -0.39 is 0 Å². The minimum absolute atomic E-state index is 0.0110. The largest absolute Gasteiger partial charge is 0.469 e. The SMILES string of the molecule is COC(=O)C1C(N)C2CCCCCC21. The molecule has 4 unspecified atom stereocenters. The molecule has 4 atom stereocenters. The van der Waals surface area contributed by atoms with Crippen LogP contribution in [0.15, 0.2) is 0 Å². The Morgan fingerprint density at radius 3 is 2.50 bits per heavy atom. The number of nitrogens with two attached hydrogens (primary N) is 1. The monoisotopic (exact) mass is 197 g/mol. The van der Waals surface area contributed by atoms with Gasteiger partial charge in [-0.05, 0) is 24.7 Å². The van der Waals surface area contributed by atoms with Crippen molar-refractivity contribution in [1.82, 2.24) is 0 Å². The van der Waals surface area contributed by atoms with Crippen LogP contribution >= 0.6 is 0 Å². The molecule has 0 radical (unpaired) electrons. The van der Waals surface area contributed by atoms with E-state index in [0.29, 0.717) is 11.8 Å². The highest BCUT2D eigenvalue weighted by molar-refractivity contribution is 5.75. The molecule has 0 aliphatic heterocycles. The first kappa shape index (κ1) is 9.97. The van der Waals surface area contributed by atoms with Gasteiger partial charge in [-0.1, -0.05) is 19.3 Å². The predicted octanol–water partition coefficient (Wildman–Crippen LogP) is 1.31. The summed E-state index contributed by atoms with van der Waals surface area (Å²) in [6.45, 7) is 0. The molecular formula is C11H19NO2. The molecule has 2 N–H and O–H groups in total. The van der Waals surface area contributed by atoms with Gasteiger partial charge in [-0.2, -0.15) is 0 Å². The maximum Gasteiger partial charge on any atom is 0.310 e. The quantitative estimate of drug-likeness (QED) is 0.645. The van der Waals surface area contributed by atoms with Crippen LogP contribution in [0.25, 0.3) is 0 Å². The van der Waals surface area contributed by atoms with Crippen molar-refractivity contribution >= 4 is 5.97 Å². The van der Waals surface area contributed by atoms with Crippen LogP contribution in [0.3, 0.4) is 0 Å². The van der Waals surface area contributed by atoms with Gasteiger partial charge < -0.3 is 10.5 Å². The summed E-state index contributed by atoms with van der Waals surface area (Å²) in [6.07, 6.45) is 6.20. The molecule has 0 aromatic rings. The summed E-state index contributed by atoms with van der Waals surface area (Å²) >= 11 is 0. The molecule has 2 fully saturated rings. The lowest BCUT2D eigenvalue weighted by molar-refractivity contribution is -0.157. The zero-order chi connectivity index (χ0) is 10.1. The molecule has 3 nitrogen and oxygen atoms in total. The fourth-order valence-electron chi connectivity index (χ4n) is 3.16. The second-order valence-corrected chi connectivity index (χ2v) is 4.59. The van der Waals surface area contributed by atoms with E-state index in [0.717, 1.165) is 6.42 Å². The van der Waals surface area contributed by atoms with Crippen molar-refractivity contribution in [3.63, 3.8) is 0 Å². The highest BCUT2D eigenvalue weighted by Crippen LogP contribution is 2.47. The predicted molar refractivity (Wildman–Crippen MR) is 53.5 cm³/mol. The number of carbonyl (C=O) groups is 1. The molecule has 14 heavy (non-hydrogen) atoms. The normalized spacial score (nSPS) is 41.9. The minimum Gasteiger partial charge on any atom is -0.469 e. The number of carbonyl (C=O) groups excluding carboxylic acids is 1. The van der Waals surface area contributed by atoms with Crippen molar-refractivity contribution < 1.29 is 9.53 Å². The number of esters is 1. The van der Waals surface area contributed by atoms with Gasteiger partial charge in [0.15, 0.2) is 0 Å². The second-order valence-electron chi connectivity index (χ2n) is 4.59. The molecule has 2 saturated carbocycles. The summed E-state index contributed by atoms with van der Waals surface area (Å²) in [6, 6.07) is 0.0607. The van der Waals surface area contributed by atoms with Crippen molar-refractivity contribution in [2.45, 2.75) is 38.1 Å². The van der Waals surface area contributed by atoms with Crippen LogP contribution in [0.2, 0.25) is 0 Å². The average molecular weight is 197 g/mol. The molecule has 2 aliphatic rings. The summed E-state index contributed by atoms with van der Waals surface area (Å²) in [7, 11) is 1.46. The number of ether oxygens (including phenoxy) is 1. The standard InChI is InChI=1S/C11H19NO2/c1-14-11(13)9-7-5-3-2-4-6-8(7)10(9)12/h7-10H,2-6,12H2,1H3.